The molecule has 0 atom stereocenters. The number of carbonyl (C=O) groups is 2. The molecule has 5 N–H and O–H groups in total. The molecule has 3 aromatic heterocycles. The van der Waals surface area contributed by atoms with Gasteiger partial charge in [-0.2, -0.15) is 10.4 Å². The molecule has 0 saturated heterocycles. The number of primary amides is 1. The van der Waals surface area contributed by atoms with Crippen molar-refractivity contribution >= 4 is 28.5 Å². The van der Waals surface area contributed by atoms with Crippen molar-refractivity contribution in [3.8, 4) is 6.07 Å². The van der Waals surface area contributed by atoms with Gasteiger partial charge in [0.15, 0.2) is 5.69 Å². The molecule has 0 spiro atoms. The van der Waals surface area contributed by atoms with E-state index in [2.05, 4.69) is 20.4 Å². The summed E-state index contributed by atoms with van der Waals surface area (Å²) in [5, 5.41) is 17.4. The first kappa shape index (κ1) is 23.4. The first-order chi connectivity index (χ1) is 16.7. The third-order valence-electron chi connectivity index (χ3n) is 5.70. The third kappa shape index (κ3) is 4.79. The van der Waals surface area contributed by atoms with Gasteiger partial charge < -0.3 is 16.8 Å². The Kier molecular flexibility index (Phi) is 6.16. The van der Waals surface area contributed by atoms with Gasteiger partial charge in [-0.3, -0.25) is 19.3 Å². The predicted molar refractivity (Wildman–Crippen MR) is 130 cm³/mol. The summed E-state index contributed by atoms with van der Waals surface area (Å²) in [6.07, 6.45) is 3.19. The molecule has 4 aromatic rings. The molecular weight excluding hydrogens is 444 g/mol. The van der Waals surface area contributed by atoms with Crippen LogP contribution in [0.4, 0.5) is 5.82 Å². The second-order valence-corrected chi connectivity index (χ2v) is 8.40. The van der Waals surface area contributed by atoms with Gasteiger partial charge in [-0.1, -0.05) is 0 Å². The van der Waals surface area contributed by atoms with Crippen LogP contribution in [0.15, 0.2) is 36.7 Å². The number of nitrogen functional groups attached to an aromatic ring is 1. The molecule has 3 heterocycles. The van der Waals surface area contributed by atoms with E-state index >= 15 is 0 Å². The molecule has 10 heteroatoms. The Morgan fingerprint density at radius 1 is 1.14 bits per heavy atom. The highest BCUT2D eigenvalue weighted by atomic mass is 16.2. The fraction of sp³-hybridized carbons (Fsp3) is 0.200. The topological polar surface area (TPSA) is 166 Å². The van der Waals surface area contributed by atoms with Crippen LogP contribution in [0.5, 0.6) is 0 Å². The van der Waals surface area contributed by atoms with Crippen molar-refractivity contribution in [2.45, 2.75) is 33.9 Å². The highest BCUT2D eigenvalue weighted by Gasteiger charge is 2.18. The maximum atomic E-state index is 12.9. The second kappa shape index (κ2) is 9.23. The number of carbonyl (C=O) groups excluding carboxylic acids is 2. The molecule has 2 amide bonds. The van der Waals surface area contributed by atoms with Crippen molar-refractivity contribution in [3.05, 3.63) is 81.4 Å². The van der Waals surface area contributed by atoms with Gasteiger partial charge in [-0.05, 0) is 67.3 Å². The van der Waals surface area contributed by atoms with Crippen LogP contribution >= 0.6 is 0 Å². The van der Waals surface area contributed by atoms with Crippen molar-refractivity contribution in [1.82, 2.24) is 25.1 Å². The number of nitrogens with two attached hydrogens (primary N) is 2. The average molecular weight is 469 g/mol. The zero-order chi connectivity index (χ0) is 25.3. The van der Waals surface area contributed by atoms with E-state index in [-0.39, 0.29) is 24.3 Å². The van der Waals surface area contributed by atoms with Crippen molar-refractivity contribution in [2.24, 2.45) is 5.73 Å². The molecule has 0 aliphatic rings. The quantitative estimate of drug-likeness (QED) is 0.390. The number of nitrogens with one attached hydrogen (secondary N) is 1. The number of fused-ring (bicyclic) bond motifs is 1. The van der Waals surface area contributed by atoms with Gasteiger partial charge in [-0.15, -0.1) is 0 Å². The van der Waals surface area contributed by atoms with Crippen LogP contribution in [-0.2, 0) is 13.1 Å². The zero-order valence-corrected chi connectivity index (χ0v) is 19.6. The average Bonchev–Trinajstić information content (AvgIpc) is 3.20. The SMILES string of the molecule is Cc1cnc2c(C(N)=O)cc(Cn3cc(C(=O)NCc4c(C)cc(N)nc4C)c(C#N)n3)cc2c1. The molecule has 35 heavy (non-hydrogen) atoms. The molecular formula is C25H24N8O2. The molecule has 0 aliphatic heterocycles. The summed E-state index contributed by atoms with van der Waals surface area (Å²) in [6, 6.07) is 9.17. The zero-order valence-electron chi connectivity index (χ0n) is 19.6. The van der Waals surface area contributed by atoms with Crippen molar-refractivity contribution in [2.75, 3.05) is 5.73 Å². The third-order valence-corrected chi connectivity index (χ3v) is 5.70. The van der Waals surface area contributed by atoms with Crippen LogP contribution in [0.25, 0.3) is 10.9 Å². The minimum atomic E-state index is -0.589. The Morgan fingerprint density at radius 3 is 2.60 bits per heavy atom. The number of aromatic nitrogens is 4. The van der Waals surface area contributed by atoms with E-state index in [0.29, 0.717) is 16.9 Å². The summed E-state index contributed by atoms with van der Waals surface area (Å²) in [6.45, 7) is 6.09. The van der Waals surface area contributed by atoms with E-state index < -0.39 is 11.8 Å². The summed E-state index contributed by atoms with van der Waals surface area (Å²) in [5.41, 5.74) is 16.5. The van der Waals surface area contributed by atoms with Gasteiger partial charge in [0, 0.05) is 30.0 Å². The van der Waals surface area contributed by atoms with Crippen molar-refractivity contribution < 1.29 is 9.59 Å². The smallest absolute Gasteiger partial charge is 0.256 e. The van der Waals surface area contributed by atoms with E-state index in [0.717, 1.165) is 33.3 Å². The maximum Gasteiger partial charge on any atom is 0.256 e. The highest BCUT2D eigenvalue weighted by molar-refractivity contribution is 6.05. The van der Waals surface area contributed by atoms with Gasteiger partial charge in [-0.25, -0.2) is 4.98 Å². The molecule has 0 fully saturated rings. The molecule has 1 aromatic carbocycles. The van der Waals surface area contributed by atoms with E-state index in [1.807, 2.05) is 39.0 Å². The standard InChI is InChI=1S/C25H24N8O2/c1-13-4-17-6-16(7-18(24(28)34)23(17)29-9-13)11-33-12-20(21(8-26)32-33)25(35)30-10-19-14(2)5-22(27)31-15(19)3/h4-7,9,12H,10-11H2,1-3H3,(H2,27,31)(H2,28,34)(H,30,35). The lowest BCUT2D eigenvalue weighted by atomic mass is 10.0. The number of pyridine rings is 2. The number of amides is 2. The molecule has 176 valence electrons. The van der Waals surface area contributed by atoms with Crippen molar-refractivity contribution in [3.63, 3.8) is 0 Å². The number of nitrogens with zero attached hydrogens (tertiary/aromatic N) is 5. The lowest BCUT2D eigenvalue weighted by Crippen LogP contribution is -2.24. The summed E-state index contributed by atoms with van der Waals surface area (Å²) in [7, 11) is 0. The largest absolute Gasteiger partial charge is 0.384 e. The van der Waals surface area contributed by atoms with E-state index in [9.17, 15) is 14.9 Å². The van der Waals surface area contributed by atoms with Crippen LogP contribution in [0.1, 0.15) is 54.4 Å². The number of hydrogen-bond acceptors (Lipinski definition) is 7. The van der Waals surface area contributed by atoms with Crippen LogP contribution < -0.4 is 16.8 Å². The lowest BCUT2D eigenvalue weighted by Gasteiger charge is -2.11. The van der Waals surface area contributed by atoms with Crippen LogP contribution in [0, 0.1) is 32.1 Å². The summed E-state index contributed by atoms with van der Waals surface area (Å²) in [4.78, 5) is 33.5. The lowest BCUT2D eigenvalue weighted by molar-refractivity contribution is 0.0949. The number of anilines is 1. The Morgan fingerprint density at radius 2 is 1.91 bits per heavy atom. The van der Waals surface area contributed by atoms with E-state index in [1.54, 1.807) is 18.3 Å². The van der Waals surface area contributed by atoms with Crippen LogP contribution in [0.2, 0.25) is 0 Å². The minimum Gasteiger partial charge on any atom is -0.384 e. The van der Waals surface area contributed by atoms with Gasteiger partial charge in [0.25, 0.3) is 11.8 Å². The number of hydrogen-bond donors (Lipinski definition) is 3. The maximum absolute atomic E-state index is 12.9. The number of aryl methyl sites for hydroxylation is 3. The fourth-order valence-electron chi connectivity index (χ4n) is 4.06. The molecule has 0 radical (unpaired) electrons. The Labute approximate surface area is 201 Å². The van der Waals surface area contributed by atoms with Gasteiger partial charge in [0.05, 0.1) is 23.2 Å². The Balaban J connectivity index is 1.60. The van der Waals surface area contributed by atoms with Crippen LogP contribution in [-0.4, -0.2) is 31.6 Å². The molecule has 10 nitrogen and oxygen atoms in total. The summed E-state index contributed by atoms with van der Waals surface area (Å²) >= 11 is 0. The molecule has 0 saturated carbocycles. The normalized spacial score (nSPS) is 10.8. The minimum absolute atomic E-state index is 0.000185. The first-order valence-corrected chi connectivity index (χ1v) is 10.8. The predicted octanol–water partition coefficient (Wildman–Crippen LogP) is 2.28. The summed E-state index contributed by atoms with van der Waals surface area (Å²) in [5.74, 6) is -0.601. The summed E-state index contributed by atoms with van der Waals surface area (Å²) < 4.78 is 1.49. The number of nitriles is 1. The second-order valence-electron chi connectivity index (χ2n) is 8.40. The van der Waals surface area contributed by atoms with Gasteiger partial charge >= 0.3 is 0 Å². The molecule has 0 unspecified atom stereocenters. The van der Waals surface area contributed by atoms with E-state index in [4.69, 9.17) is 11.5 Å². The van der Waals surface area contributed by atoms with Gasteiger partial charge in [0.2, 0.25) is 0 Å². The fourth-order valence-corrected chi connectivity index (χ4v) is 4.06. The van der Waals surface area contributed by atoms with Gasteiger partial charge in [0.1, 0.15) is 11.9 Å². The van der Waals surface area contributed by atoms with E-state index in [1.165, 1.54) is 10.9 Å². The number of rotatable bonds is 6. The molecule has 0 bridgehead atoms. The Hall–Kier alpha value is -4.78. The number of benzene rings is 1. The molecule has 0 aliphatic carbocycles. The first-order valence-electron chi connectivity index (χ1n) is 10.8. The highest BCUT2D eigenvalue weighted by Crippen LogP contribution is 2.21. The monoisotopic (exact) mass is 468 g/mol. The Bertz CT molecular complexity index is 1510. The van der Waals surface area contributed by atoms with Crippen LogP contribution in [0.3, 0.4) is 0 Å². The molecule has 4 rings (SSSR count). The van der Waals surface area contributed by atoms with Crippen molar-refractivity contribution in [1.29, 1.82) is 5.26 Å².